The van der Waals surface area contributed by atoms with Gasteiger partial charge in [0.05, 0.1) is 17.3 Å². The van der Waals surface area contributed by atoms with Crippen molar-refractivity contribution in [3.8, 4) is 0 Å². The van der Waals surface area contributed by atoms with Crippen molar-refractivity contribution in [1.29, 1.82) is 0 Å². The number of pyridine rings is 1. The summed E-state index contributed by atoms with van der Waals surface area (Å²) >= 11 is 5.63. The van der Waals surface area contributed by atoms with Crippen molar-refractivity contribution in [2.24, 2.45) is 0 Å². The van der Waals surface area contributed by atoms with Gasteiger partial charge >= 0.3 is 5.92 Å². The van der Waals surface area contributed by atoms with Gasteiger partial charge in [0, 0.05) is 6.20 Å². The average molecular weight is 291 g/mol. The first-order valence-electron chi connectivity index (χ1n) is 5.84. The Labute approximate surface area is 113 Å². The average Bonchev–Trinajstić information content (AvgIpc) is 2.34. The minimum Gasteiger partial charge on any atom is -0.383 e. The number of alkyl halides is 2. The number of carbonyl (C=O) groups is 1. The van der Waals surface area contributed by atoms with Gasteiger partial charge in [0.15, 0.2) is 0 Å². The monoisotopic (exact) mass is 290 g/mol. The van der Waals surface area contributed by atoms with Crippen LogP contribution in [0, 0.1) is 0 Å². The van der Waals surface area contributed by atoms with Gasteiger partial charge in [-0.3, -0.25) is 9.78 Å². The lowest BCUT2D eigenvalue weighted by Gasteiger charge is -2.41. The minimum absolute atomic E-state index is 0.0629. The second kappa shape index (κ2) is 5.02. The standard InChI is InChI=1S/C12H13ClF2N2O2/c13-8-2-3-9(16-6-8)7-17-10(18)12(14,15)11(19)4-1-5-11/h2-3,6,19H,1,4-5,7H2,(H,17,18). The van der Waals surface area contributed by atoms with Crippen LogP contribution in [0.2, 0.25) is 5.02 Å². The van der Waals surface area contributed by atoms with E-state index < -0.39 is 17.4 Å². The van der Waals surface area contributed by atoms with Crippen LogP contribution in [-0.2, 0) is 11.3 Å². The maximum absolute atomic E-state index is 13.7. The third-order valence-electron chi connectivity index (χ3n) is 3.27. The van der Waals surface area contributed by atoms with E-state index in [2.05, 4.69) is 10.3 Å². The normalized spacial score (nSPS) is 17.7. The van der Waals surface area contributed by atoms with Crippen LogP contribution in [-0.4, -0.2) is 27.5 Å². The molecule has 4 nitrogen and oxygen atoms in total. The summed E-state index contributed by atoms with van der Waals surface area (Å²) in [5.41, 5.74) is -1.79. The van der Waals surface area contributed by atoms with Crippen LogP contribution in [0.15, 0.2) is 18.3 Å². The molecule has 0 unspecified atom stereocenters. The summed E-state index contributed by atoms with van der Waals surface area (Å²) in [5, 5.41) is 12.1. The summed E-state index contributed by atoms with van der Waals surface area (Å²) in [6.45, 7) is -0.137. The number of carbonyl (C=O) groups excluding carboxylic acids is 1. The molecule has 1 fully saturated rings. The van der Waals surface area contributed by atoms with Crippen molar-refractivity contribution >= 4 is 17.5 Å². The molecule has 0 bridgehead atoms. The molecule has 1 amide bonds. The summed E-state index contributed by atoms with van der Waals surface area (Å²) in [7, 11) is 0. The second-order valence-corrected chi connectivity index (χ2v) is 5.05. The lowest BCUT2D eigenvalue weighted by atomic mass is 9.75. The van der Waals surface area contributed by atoms with E-state index in [0.29, 0.717) is 17.1 Å². The summed E-state index contributed by atoms with van der Waals surface area (Å²) in [5.74, 6) is -5.26. The first-order chi connectivity index (χ1) is 8.85. The van der Waals surface area contributed by atoms with Crippen molar-refractivity contribution in [2.75, 3.05) is 0 Å². The Morgan fingerprint density at radius 1 is 1.53 bits per heavy atom. The third kappa shape index (κ3) is 2.69. The molecule has 1 heterocycles. The zero-order valence-electron chi connectivity index (χ0n) is 10.00. The molecular weight excluding hydrogens is 278 g/mol. The van der Waals surface area contributed by atoms with Gasteiger partial charge in [0.2, 0.25) is 0 Å². The number of amides is 1. The van der Waals surface area contributed by atoms with Crippen LogP contribution in [0.3, 0.4) is 0 Å². The minimum atomic E-state index is -3.78. The molecule has 1 aliphatic carbocycles. The maximum Gasteiger partial charge on any atom is 0.352 e. The topological polar surface area (TPSA) is 62.2 Å². The van der Waals surface area contributed by atoms with Crippen LogP contribution in [0.1, 0.15) is 25.0 Å². The molecule has 0 aromatic carbocycles. The van der Waals surface area contributed by atoms with Gasteiger partial charge in [0.25, 0.3) is 5.91 Å². The smallest absolute Gasteiger partial charge is 0.352 e. The molecule has 19 heavy (non-hydrogen) atoms. The van der Waals surface area contributed by atoms with Crippen molar-refractivity contribution in [2.45, 2.75) is 37.3 Å². The molecule has 1 aromatic rings. The highest BCUT2D eigenvalue weighted by Crippen LogP contribution is 2.44. The molecule has 2 rings (SSSR count). The number of hydrogen-bond acceptors (Lipinski definition) is 3. The lowest BCUT2D eigenvalue weighted by Crippen LogP contribution is -2.60. The van der Waals surface area contributed by atoms with E-state index >= 15 is 0 Å². The summed E-state index contributed by atoms with van der Waals surface area (Å²) in [6.07, 6.45) is 1.73. The highest BCUT2D eigenvalue weighted by molar-refractivity contribution is 6.30. The Kier molecular flexibility index (Phi) is 3.73. The van der Waals surface area contributed by atoms with Crippen molar-refractivity contribution in [1.82, 2.24) is 10.3 Å². The Hall–Kier alpha value is -1.27. The van der Waals surface area contributed by atoms with Crippen LogP contribution in [0.5, 0.6) is 0 Å². The molecule has 104 valence electrons. The summed E-state index contributed by atoms with van der Waals surface area (Å²) in [4.78, 5) is 15.3. The number of nitrogens with zero attached hydrogens (tertiary/aromatic N) is 1. The SMILES string of the molecule is O=C(NCc1ccc(Cl)cn1)C(F)(F)C1(O)CCC1. The molecular formula is C12H13ClF2N2O2. The molecule has 0 radical (unpaired) electrons. The van der Waals surface area contributed by atoms with E-state index in [-0.39, 0.29) is 19.4 Å². The largest absolute Gasteiger partial charge is 0.383 e. The number of rotatable bonds is 4. The Morgan fingerprint density at radius 3 is 2.68 bits per heavy atom. The molecule has 1 aromatic heterocycles. The summed E-state index contributed by atoms with van der Waals surface area (Å²) < 4.78 is 27.4. The molecule has 0 spiro atoms. The van der Waals surface area contributed by atoms with E-state index in [1.165, 1.54) is 12.3 Å². The first-order valence-corrected chi connectivity index (χ1v) is 6.22. The second-order valence-electron chi connectivity index (χ2n) is 4.61. The van der Waals surface area contributed by atoms with Gasteiger partial charge in [-0.25, -0.2) is 0 Å². The lowest BCUT2D eigenvalue weighted by molar-refractivity contribution is -0.216. The van der Waals surface area contributed by atoms with E-state index in [0.717, 1.165) is 0 Å². The molecule has 7 heteroatoms. The molecule has 0 saturated heterocycles. The van der Waals surface area contributed by atoms with Crippen LogP contribution < -0.4 is 5.32 Å². The van der Waals surface area contributed by atoms with Gasteiger partial charge in [-0.1, -0.05) is 11.6 Å². The number of halogens is 3. The predicted octanol–water partition coefficient (Wildman–Crippen LogP) is 1.90. The zero-order chi connectivity index (χ0) is 14.1. The highest BCUT2D eigenvalue weighted by Gasteiger charge is 2.61. The van der Waals surface area contributed by atoms with Crippen LogP contribution in [0.4, 0.5) is 8.78 Å². The number of nitrogens with one attached hydrogen (secondary N) is 1. The fourth-order valence-electron chi connectivity index (χ4n) is 1.83. The van der Waals surface area contributed by atoms with Crippen molar-refractivity contribution in [3.63, 3.8) is 0 Å². The summed E-state index contributed by atoms with van der Waals surface area (Å²) in [6, 6.07) is 3.08. The van der Waals surface area contributed by atoms with Crippen LogP contribution in [0.25, 0.3) is 0 Å². The zero-order valence-corrected chi connectivity index (χ0v) is 10.8. The molecule has 1 saturated carbocycles. The van der Waals surface area contributed by atoms with Crippen molar-refractivity contribution in [3.05, 3.63) is 29.0 Å². The van der Waals surface area contributed by atoms with E-state index in [4.69, 9.17) is 11.6 Å². The number of hydrogen-bond donors (Lipinski definition) is 2. The van der Waals surface area contributed by atoms with E-state index in [9.17, 15) is 18.7 Å². The molecule has 0 aliphatic heterocycles. The third-order valence-corrected chi connectivity index (χ3v) is 3.49. The maximum atomic E-state index is 13.7. The van der Waals surface area contributed by atoms with Crippen molar-refractivity contribution < 1.29 is 18.7 Å². The van der Waals surface area contributed by atoms with E-state index in [1.807, 2.05) is 0 Å². The van der Waals surface area contributed by atoms with Gasteiger partial charge in [-0.2, -0.15) is 8.78 Å². The fraction of sp³-hybridized carbons (Fsp3) is 0.500. The Morgan fingerprint density at radius 2 is 2.21 bits per heavy atom. The van der Waals surface area contributed by atoms with Crippen LogP contribution >= 0.6 is 11.6 Å². The van der Waals surface area contributed by atoms with Gasteiger partial charge in [0.1, 0.15) is 5.60 Å². The molecule has 2 N–H and O–H groups in total. The quantitative estimate of drug-likeness (QED) is 0.890. The number of aliphatic hydroxyl groups is 1. The fourth-order valence-corrected chi connectivity index (χ4v) is 1.94. The van der Waals surface area contributed by atoms with Gasteiger partial charge < -0.3 is 10.4 Å². The van der Waals surface area contributed by atoms with Gasteiger partial charge in [-0.15, -0.1) is 0 Å². The van der Waals surface area contributed by atoms with Gasteiger partial charge in [-0.05, 0) is 31.4 Å². The van der Waals surface area contributed by atoms with E-state index in [1.54, 1.807) is 6.07 Å². The first kappa shape index (κ1) is 14.1. The molecule has 0 atom stereocenters. The Bertz CT molecular complexity index is 475. The molecule has 1 aliphatic rings. The Balaban J connectivity index is 1.95. The predicted molar refractivity (Wildman–Crippen MR) is 64.8 cm³/mol. The number of aromatic nitrogens is 1. The highest BCUT2D eigenvalue weighted by atomic mass is 35.5.